The first-order valence-electron chi connectivity index (χ1n) is 0. The molecule has 0 aliphatic carbocycles. The first-order valence-corrected chi connectivity index (χ1v) is 0. The molecule has 0 unspecified atom stereocenters. The molecule has 0 N–H and O–H groups in total. The average molecular weight is 450 g/mol. The van der Waals surface area contributed by atoms with Gasteiger partial charge in [-0.25, -0.2) is 0 Å². The van der Waals surface area contributed by atoms with Crippen molar-refractivity contribution in [2.24, 2.45) is 0 Å². The van der Waals surface area contributed by atoms with Crippen LogP contribution in [-0.2, 0) is 18.6 Å². The van der Waals surface area contributed by atoms with Gasteiger partial charge >= 0.3 is 18.6 Å². The second-order valence-corrected chi connectivity index (χ2v) is 0. The molecule has 0 rings (SSSR count). The van der Waals surface area contributed by atoms with Crippen molar-refractivity contribution >= 4 is 0 Å². The third-order valence-electron chi connectivity index (χ3n) is 0. The van der Waals surface area contributed by atoms with Gasteiger partial charge in [-0.2, -0.15) is 0 Å². The predicted molar refractivity (Wildman–Crippen MR) is 0 cm³/mol. The van der Waals surface area contributed by atoms with E-state index in [1.165, 1.54) is 0 Å². The summed E-state index contributed by atoms with van der Waals surface area (Å²) in [6.07, 6.45) is 0. The summed E-state index contributed by atoms with van der Waals surface area (Å²) in [5, 5.41) is 0. The van der Waals surface area contributed by atoms with Crippen molar-refractivity contribution in [2.45, 2.75) is 0 Å². The Labute approximate surface area is 102 Å². The molecule has 0 aromatic carbocycles. The van der Waals surface area contributed by atoms with Crippen LogP contribution in [0.2, 0.25) is 0 Å². The van der Waals surface area contributed by atoms with Gasteiger partial charge in [-0.05, 0) is 0 Å². The molecule has 6 heteroatoms. The number of rotatable bonds is 0. The maximum Gasteiger partial charge on any atom is 5.00 e. The van der Waals surface area contributed by atoms with Crippen LogP contribution in [0, 0.1) is 0 Å². The Balaban J connectivity index is 0. The Morgan fingerprint density at radius 3 is 0.333 bits per heavy atom. The summed E-state index contributed by atoms with van der Waals surface area (Å²) in [6.45, 7) is 0. The molecule has 0 nitrogen and oxygen atoms in total. The van der Waals surface area contributed by atoms with Crippen LogP contribution in [-0.4, -0.2) is 0 Å². The second kappa shape index (κ2) is 43.7. The summed E-state index contributed by atoms with van der Waals surface area (Å²) in [5.41, 5.74) is 0. The maximum absolute atomic E-state index is 0. The molecule has 0 aliphatic rings. The SMILES string of the molecule is [Br-].[Br-].[Br-].[Br-].[Br-].[V+5]. The van der Waals surface area contributed by atoms with E-state index in [1.807, 2.05) is 0 Å². The summed E-state index contributed by atoms with van der Waals surface area (Å²) in [4.78, 5) is 0. The molecule has 0 atom stereocenters. The van der Waals surface area contributed by atoms with Crippen molar-refractivity contribution in [3.05, 3.63) is 0 Å². The zero-order chi connectivity index (χ0) is 0. The van der Waals surface area contributed by atoms with Crippen LogP contribution in [0.4, 0.5) is 0 Å². The van der Waals surface area contributed by atoms with Crippen LogP contribution in [0.1, 0.15) is 0 Å². The Hall–Kier alpha value is 2.98. The number of hydrogen-bond donors (Lipinski definition) is 0. The summed E-state index contributed by atoms with van der Waals surface area (Å²) in [5.74, 6) is 0. The minimum atomic E-state index is 0. The first-order chi connectivity index (χ1) is 0. The van der Waals surface area contributed by atoms with Crippen molar-refractivity contribution in [3.63, 3.8) is 0 Å². The van der Waals surface area contributed by atoms with Crippen LogP contribution in [0.5, 0.6) is 0 Å². The molecule has 0 heterocycles. The van der Waals surface area contributed by atoms with Gasteiger partial charge in [-0.1, -0.05) is 0 Å². The third kappa shape index (κ3) is 28.1. The van der Waals surface area contributed by atoms with Crippen LogP contribution in [0.25, 0.3) is 0 Å². The van der Waals surface area contributed by atoms with Gasteiger partial charge in [0.15, 0.2) is 0 Å². The van der Waals surface area contributed by atoms with Gasteiger partial charge < -0.3 is 84.9 Å². The summed E-state index contributed by atoms with van der Waals surface area (Å²) < 4.78 is 0. The van der Waals surface area contributed by atoms with E-state index in [0.717, 1.165) is 0 Å². The molecule has 40 valence electrons. The Bertz CT molecular complexity index is 3.90. The molecule has 0 aromatic rings. The summed E-state index contributed by atoms with van der Waals surface area (Å²) >= 11 is 0. The van der Waals surface area contributed by atoms with E-state index >= 15 is 0 Å². The van der Waals surface area contributed by atoms with E-state index in [1.54, 1.807) is 0 Å². The number of halogens is 5. The fourth-order valence-corrected chi connectivity index (χ4v) is 0. The molecular formula is Br5V. The largest absolute Gasteiger partial charge is 5.00 e. The molecule has 0 amide bonds. The monoisotopic (exact) mass is 446 g/mol. The van der Waals surface area contributed by atoms with E-state index in [0.29, 0.717) is 0 Å². The van der Waals surface area contributed by atoms with Crippen molar-refractivity contribution < 1.29 is 103 Å². The summed E-state index contributed by atoms with van der Waals surface area (Å²) in [7, 11) is 0. The fourth-order valence-electron chi connectivity index (χ4n) is 0. The minimum Gasteiger partial charge on any atom is -1.00 e. The van der Waals surface area contributed by atoms with Gasteiger partial charge in [0.05, 0.1) is 0 Å². The van der Waals surface area contributed by atoms with Gasteiger partial charge in [0.1, 0.15) is 0 Å². The van der Waals surface area contributed by atoms with Crippen LogP contribution >= 0.6 is 0 Å². The van der Waals surface area contributed by atoms with Gasteiger partial charge in [0, 0.05) is 0 Å². The number of hydrogen-bond acceptors (Lipinski definition) is 0. The topological polar surface area (TPSA) is 0 Å². The Kier molecular flexibility index (Phi) is 469. The molecular weight excluding hydrogens is 450 g/mol. The third-order valence-corrected chi connectivity index (χ3v) is 0. The van der Waals surface area contributed by atoms with Crippen molar-refractivity contribution in [1.29, 1.82) is 0 Å². The molecule has 0 saturated heterocycles. The van der Waals surface area contributed by atoms with E-state index < -0.39 is 0 Å². The normalized spacial score (nSPS) is 0. The van der Waals surface area contributed by atoms with Crippen molar-refractivity contribution in [2.75, 3.05) is 0 Å². The van der Waals surface area contributed by atoms with Crippen LogP contribution in [0.15, 0.2) is 0 Å². The first kappa shape index (κ1) is 64.3. The molecule has 0 spiro atoms. The molecule has 6 heavy (non-hydrogen) atoms. The molecule has 0 saturated carbocycles. The molecule has 0 aliphatic heterocycles. The van der Waals surface area contributed by atoms with Crippen LogP contribution < -0.4 is 84.9 Å². The zero-order valence-corrected chi connectivity index (χ0v) is 11.7. The smallest absolute Gasteiger partial charge is 1.00 e. The van der Waals surface area contributed by atoms with Gasteiger partial charge in [-0.3, -0.25) is 0 Å². The fraction of sp³-hybridized carbons (Fsp3) is 0. The van der Waals surface area contributed by atoms with Crippen molar-refractivity contribution in [3.8, 4) is 0 Å². The van der Waals surface area contributed by atoms with Crippen LogP contribution in [0.3, 0.4) is 0 Å². The standard InChI is InChI=1S/5BrH.V/h5*1H;/q;;;;;+5/p-5. The second-order valence-electron chi connectivity index (χ2n) is 0. The van der Waals surface area contributed by atoms with E-state index in [9.17, 15) is 0 Å². The maximum atomic E-state index is 0. The van der Waals surface area contributed by atoms with Gasteiger partial charge in [0.25, 0.3) is 0 Å². The van der Waals surface area contributed by atoms with Gasteiger partial charge in [-0.15, -0.1) is 0 Å². The quantitative estimate of drug-likeness (QED) is 0.344. The average Bonchev–Trinajstić information content (AvgIpc) is 0. The summed E-state index contributed by atoms with van der Waals surface area (Å²) in [6, 6.07) is 0. The molecule has 0 fully saturated rings. The van der Waals surface area contributed by atoms with Gasteiger partial charge in [0.2, 0.25) is 0 Å². The van der Waals surface area contributed by atoms with Crippen molar-refractivity contribution in [1.82, 2.24) is 0 Å². The Morgan fingerprint density at radius 1 is 0.333 bits per heavy atom. The minimum absolute atomic E-state index is 0. The van der Waals surface area contributed by atoms with E-state index in [2.05, 4.69) is 0 Å². The predicted octanol–water partition coefficient (Wildman–Crippen LogP) is -15.0. The van der Waals surface area contributed by atoms with E-state index in [4.69, 9.17) is 0 Å². The Morgan fingerprint density at radius 2 is 0.333 bits per heavy atom. The van der Waals surface area contributed by atoms with E-state index in [-0.39, 0.29) is 103 Å². The molecule has 0 aromatic heterocycles. The zero-order valence-electron chi connectivity index (χ0n) is 2.34. The molecule has 0 bridgehead atoms. The molecule has 0 radical (unpaired) electrons.